The summed E-state index contributed by atoms with van der Waals surface area (Å²) in [4.78, 5) is 0. The van der Waals surface area contributed by atoms with Crippen LogP contribution in [0.3, 0.4) is 0 Å². The van der Waals surface area contributed by atoms with Gasteiger partial charge in [-0.15, -0.1) is 0 Å². The molecule has 0 spiro atoms. The zero-order valence-electron chi connectivity index (χ0n) is 17.3. The van der Waals surface area contributed by atoms with Gasteiger partial charge < -0.3 is 4.42 Å². The molecule has 0 aliphatic heterocycles. The van der Waals surface area contributed by atoms with Crippen molar-refractivity contribution >= 4 is 33.5 Å². The SMILES string of the molecule is Clc1ccc2c(c1)oc1ccc(-c3ccccc3-c3cccc(-c4ccccc4)c3)cc12. The Balaban J connectivity index is 1.50. The molecule has 0 N–H and O–H groups in total. The lowest BCUT2D eigenvalue weighted by Crippen LogP contribution is -1.86. The molecule has 0 atom stereocenters. The molecule has 0 unspecified atom stereocenters. The average molecular weight is 431 g/mol. The van der Waals surface area contributed by atoms with Gasteiger partial charge in [-0.3, -0.25) is 0 Å². The van der Waals surface area contributed by atoms with Crippen LogP contribution in [0, 0.1) is 0 Å². The number of furan rings is 1. The minimum atomic E-state index is 0.681. The van der Waals surface area contributed by atoms with Crippen LogP contribution in [-0.4, -0.2) is 0 Å². The maximum absolute atomic E-state index is 6.16. The quantitative estimate of drug-likeness (QED) is 0.272. The maximum atomic E-state index is 6.16. The zero-order chi connectivity index (χ0) is 21.5. The van der Waals surface area contributed by atoms with Crippen LogP contribution in [0.1, 0.15) is 0 Å². The lowest BCUT2D eigenvalue weighted by molar-refractivity contribution is 0.669. The van der Waals surface area contributed by atoms with E-state index < -0.39 is 0 Å². The van der Waals surface area contributed by atoms with Crippen LogP contribution >= 0.6 is 11.6 Å². The fraction of sp³-hybridized carbons (Fsp3) is 0. The third-order valence-corrected chi connectivity index (χ3v) is 6.19. The molecule has 1 nitrogen and oxygen atoms in total. The Morgan fingerprint density at radius 2 is 1.12 bits per heavy atom. The highest BCUT2D eigenvalue weighted by atomic mass is 35.5. The van der Waals surface area contributed by atoms with E-state index in [0.717, 1.165) is 27.5 Å². The minimum Gasteiger partial charge on any atom is -0.456 e. The third-order valence-electron chi connectivity index (χ3n) is 5.95. The van der Waals surface area contributed by atoms with Crippen molar-refractivity contribution in [2.45, 2.75) is 0 Å². The second kappa shape index (κ2) is 7.71. The molecule has 6 rings (SSSR count). The van der Waals surface area contributed by atoms with Crippen molar-refractivity contribution in [3.8, 4) is 33.4 Å². The van der Waals surface area contributed by atoms with Crippen LogP contribution in [0.2, 0.25) is 5.02 Å². The number of hydrogen-bond acceptors (Lipinski definition) is 1. The van der Waals surface area contributed by atoms with E-state index in [1.807, 2.05) is 24.3 Å². The Kier molecular flexibility index (Phi) is 4.56. The summed E-state index contributed by atoms with van der Waals surface area (Å²) < 4.78 is 6.02. The molecule has 0 bridgehead atoms. The highest BCUT2D eigenvalue weighted by Crippen LogP contribution is 2.38. The van der Waals surface area contributed by atoms with Crippen molar-refractivity contribution in [2.24, 2.45) is 0 Å². The smallest absolute Gasteiger partial charge is 0.136 e. The van der Waals surface area contributed by atoms with Gasteiger partial charge in [-0.1, -0.05) is 90.5 Å². The second-order valence-corrected chi connectivity index (χ2v) is 8.38. The Labute approximate surface area is 191 Å². The maximum Gasteiger partial charge on any atom is 0.136 e. The van der Waals surface area contributed by atoms with E-state index in [2.05, 4.69) is 91.0 Å². The number of benzene rings is 5. The van der Waals surface area contributed by atoms with Crippen LogP contribution < -0.4 is 0 Å². The monoisotopic (exact) mass is 430 g/mol. The van der Waals surface area contributed by atoms with Gasteiger partial charge in [0.1, 0.15) is 11.2 Å². The van der Waals surface area contributed by atoms with E-state index >= 15 is 0 Å². The fourth-order valence-corrected chi connectivity index (χ4v) is 4.56. The van der Waals surface area contributed by atoms with Gasteiger partial charge in [0.2, 0.25) is 0 Å². The van der Waals surface area contributed by atoms with Gasteiger partial charge in [0.25, 0.3) is 0 Å². The number of fused-ring (bicyclic) bond motifs is 3. The minimum absolute atomic E-state index is 0.681. The van der Waals surface area contributed by atoms with Crippen molar-refractivity contribution in [2.75, 3.05) is 0 Å². The van der Waals surface area contributed by atoms with E-state index in [4.69, 9.17) is 16.0 Å². The van der Waals surface area contributed by atoms with Gasteiger partial charge in [-0.25, -0.2) is 0 Å². The van der Waals surface area contributed by atoms with E-state index in [9.17, 15) is 0 Å². The largest absolute Gasteiger partial charge is 0.456 e. The first-order chi connectivity index (χ1) is 15.8. The van der Waals surface area contributed by atoms with Gasteiger partial charge in [0, 0.05) is 21.9 Å². The highest BCUT2D eigenvalue weighted by molar-refractivity contribution is 6.31. The van der Waals surface area contributed by atoms with E-state index in [0.29, 0.717) is 5.02 Å². The molecular formula is C30H19ClO. The Hall–Kier alpha value is -3.81. The highest BCUT2D eigenvalue weighted by Gasteiger charge is 2.12. The average Bonchev–Trinajstić information content (AvgIpc) is 3.21. The van der Waals surface area contributed by atoms with Gasteiger partial charge >= 0.3 is 0 Å². The molecule has 0 fully saturated rings. The van der Waals surface area contributed by atoms with E-state index in [-0.39, 0.29) is 0 Å². The number of halogens is 1. The first-order valence-corrected chi connectivity index (χ1v) is 11.0. The van der Waals surface area contributed by atoms with Crippen molar-refractivity contribution in [3.05, 3.63) is 120 Å². The van der Waals surface area contributed by atoms with Gasteiger partial charge in [0.05, 0.1) is 0 Å². The van der Waals surface area contributed by atoms with Gasteiger partial charge in [-0.2, -0.15) is 0 Å². The summed E-state index contributed by atoms with van der Waals surface area (Å²) >= 11 is 6.16. The van der Waals surface area contributed by atoms with E-state index in [1.165, 1.54) is 27.8 Å². The number of rotatable bonds is 3. The Morgan fingerprint density at radius 3 is 1.94 bits per heavy atom. The summed E-state index contributed by atoms with van der Waals surface area (Å²) in [6.45, 7) is 0. The van der Waals surface area contributed by atoms with Crippen LogP contribution in [-0.2, 0) is 0 Å². The molecule has 152 valence electrons. The molecule has 5 aromatic carbocycles. The molecule has 2 heteroatoms. The molecule has 0 aliphatic carbocycles. The van der Waals surface area contributed by atoms with Crippen LogP contribution in [0.5, 0.6) is 0 Å². The third kappa shape index (κ3) is 3.28. The van der Waals surface area contributed by atoms with Crippen molar-refractivity contribution in [3.63, 3.8) is 0 Å². The Morgan fingerprint density at radius 1 is 0.438 bits per heavy atom. The first-order valence-electron chi connectivity index (χ1n) is 10.6. The molecule has 1 aromatic heterocycles. The van der Waals surface area contributed by atoms with Crippen LogP contribution in [0.15, 0.2) is 120 Å². The Bertz CT molecular complexity index is 1580. The van der Waals surface area contributed by atoms with Crippen LogP contribution in [0.4, 0.5) is 0 Å². The summed E-state index contributed by atoms with van der Waals surface area (Å²) in [5, 5.41) is 2.86. The molecule has 0 radical (unpaired) electrons. The standard InChI is InChI=1S/C30H19ClO/c31-24-14-15-27-28-18-23(13-16-29(28)32-30(27)19-24)26-12-5-4-11-25(26)22-10-6-9-21(17-22)20-7-2-1-3-8-20/h1-19H. The molecule has 0 saturated heterocycles. The molecule has 32 heavy (non-hydrogen) atoms. The summed E-state index contributed by atoms with van der Waals surface area (Å²) in [6, 6.07) is 40.0. The summed E-state index contributed by atoms with van der Waals surface area (Å²) in [5.74, 6) is 0. The van der Waals surface area contributed by atoms with Crippen LogP contribution in [0.25, 0.3) is 55.3 Å². The first kappa shape index (κ1) is 18.9. The van der Waals surface area contributed by atoms with Crippen molar-refractivity contribution in [1.29, 1.82) is 0 Å². The molecule has 0 saturated carbocycles. The van der Waals surface area contributed by atoms with Gasteiger partial charge in [0.15, 0.2) is 0 Å². The molecular weight excluding hydrogens is 412 g/mol. The molecule has 0 aliphatic rings. The fourth-order valence-electron chi connectivity index (χ4n) is 4.40. The normalized spacial score (nSPS) is 11.3. The molecule has 6 aromatic rings. The number of hydrogen-bond donors (Lipinski definition) is 0. The van der Waals surface area contributed by atoms with Crippen molar-refractivity contribution in [1.82, 2.24) is 0 Å². The zero-order valence-corrected chi connectivity index (χ0v) is 18.0. The lowest BCUT2D eigenvalue weighted by Gasteiger charge is -2.12. The van der Waals surface area contributed by atoms with Gasteiger partial charge in [-0.05, 0) is 63.7 Å². The predicted octanol–water partition coefficient (Wildman–Crippen LogP) is 9.24. The second-order valence-electron chi connectivity index (χ2n) is 7.95. The summed E-state index contributed by atoms with van der Waals surface area (Å²) in [6.07, 6.45) is 0. The summed E-state index contributed by atoms with van der Waals surface area (Å²) in [7, 11) is 0. The summed E-state index contributed by atoms with van der Waals surface area (Å²) in [5.41, 5.74) is 8.89. The topological polar surface area (TPSA) is 13.1 Å². The van der Waals surface area contributed by atoms with Crippen molar-refractivity contribution < 1.29 is 4.42 Å². The lowest BCUT2D eigenvalue weighted by atomic mass is 9.92. The predicted molar refractivity (Wildman–Crippen MR) is 135 cm³/mol. The van der Waals surface area contributed by atoms with E-state index in [1.54, 1.807) is 0 Å². The molecule has 1 heterocycles. The molecule has 0 amide bonds.